The number of amides is 1. The number of aromatic nitrogens is 2. The number of guanidine groups is 1. The van der Waals surface area contributed by atoms with E-state index in [9.17, 15) is 4.79 Å². The molecule has 3 rings (SSSR count). The molecule has 0 fully saturated rings. The Balaban J connectivity index is 1.59. The van der Waals surface area contributed by atoms with Crippen LogP contribution in [0.25, 0.3) is 11.3 Å². The first-order chi connectivity index (χ1) is 14.0. The first-order valence-electron chi connectivity index (χ1n) is 9.43. The summed E-state index contributed by atoms with van der Waals surface area (Å²) in [5.41, 5.74) is 3.93. The monoisotopic (exact) mass is 390 g/mol. The van der Waals surface area contributed by atoms with E-state index in [-0.39, 0.29) is 5.91 Å². The standard InChI is InChI=1S/C22H26N6O/c1-16(29)26-19-11-7-8-17(12-19)13-25-22(23-2)28(3)15-21-24-14-20(27-21)18-9-5-4-6-10-18/h4-12,14H,13,15H2,1-3H3,(H,23,25)(H,24,27)(H,26,29). The molecule has 0 saturated heterocycles. The van der Waals surface area contributed by atoms with Crippen LogP contribution in [0.4, 0.5) is 5.69 Å². The fourth-order valence-corrected chi connectivity index (χ4v) is 3.03. The van der Waals surface area contributed by atoms with Crippen LogP contribution in [0.5, 0.6) is 0 Å². The molecule has 0 unspecified atom stereocenters. The van der Waals surface area contributed by atoms with Gasteiger partial charge in [0.05, 0.1) is 18.4 Å². The lowest BCUT2D eigenvalue weighted by Gasteiger charge is -2.21. The van der Waals surface area contributed by atoms with E-state index in [2.05, 4.69) is 37.7 Å². The van der Waals surface area contributed by atoms with Gasteiger partial charge in [-0.05, 0) is 23.3 Å². The third-order valence-electron chi connectivity index (χ3n) is 4.37. The van der Waals surface area contributed by atoms with Gasteiger partial charge in [0, 0.05) is 33.3 Å². The van der Waals surface area contributed by atoms with Crippen LogP contribution in [-0.2, 0) is 17.9 Å². The van der Waals surface area contributed by atoms with Gasteiger partial charge in [-0.2, -0.15) is 0 Å². The molecule has 1 amide bonds. The Morgan fingerprint density at radius 2 is 1.97 bits per heavy atom. The summed E-state index contributed by atoms with van der Waals surface area (Å²) < 4.78 is 0. The van der Waals surface area contributed by atoms with E-state index in [1.807, 2.05) is 60.6 Å². The van der Waals surface area contributed by atoms with Crippen molar-refractivity contribution in [1.82, 2.24) is 20.2 Å². The predicted molar refractivity (Wildman–Crippen MR) is 116 cm³/mol. The van der Waals surface area contributed by atoms with E-state index < -0.39 is 0 Å². The number of nitrogens with one attached hydrogen (secondary N) is 3. The van der Waals surface area contributed by atoms with Gasteiger partial charge in [-0.3, -0.25) is 9.79 Å². The van der Waals surface area contributed by atoms with Crippen LogP contribution in [0.2, 0.25) is 0 Å². The quantitative estimate of drug-likeness (QED) is 0.446. The second-order valence-electron chi connectivity index (χ2n) is 6.75. The molecule has 150 valence electrons. The van der Waals surface area contributed by atoms with Crippen molar-refractivity contribution in [2.24, 2.45) is 4.99 Å². The second kappa shape index (κ2) is 9.54. The average molecular weight is 390 g/mol. The number of anilines is 1. The number of hydrogen-bond acceptors (Lipinski definition) is 3. The lowest BCUT2D eigenvalue weighted by atomic mass is 10.2. The molecule has 7 heteroatoms. The maximum Gasteiger partial charge on any atom is 0.221 e. The molecule has 7 nitrogen and oxygen atoms in total. The van der Waals surface area contributed by atoms with Crippen LogP contribution in [0.15, 0.2) is 65.8 Å². The van der Waals surface area contributed by atoms with E-state index >= 15 is 0 Å². The second-order valence-corrected chi connectivity index (χ2v) is 6.75. The van der Waals surface area contributed by atoms with Crippen LogP contribution in [0.1, 0.15) is 18.3 Å². The molecule has 0 atom stereocenters. The molecule has 0 saturated carbocycles. The highest BCUT2D eigenvalue weighted by atomic mass is 16.1. The summed E-state index contributed by atoms with van der Waals surface area (Å²) in [7, 11) is 3.72. The van der Waals surface area contributed by atoms with Crippen LogP contribution < -0.4 is 10.6 Å². The highest BCUT2D eigenvalue weighted by Gasteiger charge is 2.10. The Labute approximate surface area is 170 Å². The van der Waals surface area contributed by atoms with E-state index in [0.29, 0.717) is 13.1 Å². The molecule has 2 aromatic carbocycles. The van der Waals surface area contributed by atoms with Gasteiger partial charge in [0.1, 0.15) is 5.82 Å². The van der Waals surface area contributed by atoms with Gasteiger partial charge in [-0.25, -0.2) is 4.98 Å². The van der Waals surface area contributed by atoms with E-state index in [4.69, 9.17) is 0 Å². The fourth-order valence-electron chi connectivity index (χ4n) is 3.03. The smallest absolute Gasteiger partial charge is 0.221 e. The lowest BCUT2D eigenvalue weighted by molar-refractivity contribution is -0.114. The number of hydrogen-bond donors (Lipinski definition) is 3. The van der Waals surface area contributed by atoms with Crippen LogP contribution in [-0.4, -0.2) is 40.8 Å². The van der Waals surface area contributed by atoms with Gasteiger partial charge in [0.15, 0.2) is 5.96 Å². The molecule has 0 aliphatic rings. The summed E-state index contributed by atoms with van der Waals surface area (Å²) in [6.45, 7) is 2.69. The first kappa shape index (κ1) is 20.1. The lowest BCUT2D eigenvalue weighted by Crippen LogP contribution is -2.38. The zero-order chi connectivity index (χ0) is 20.6. The third-order valence-corrected chi connectivity index (χ3v) is 4.37. The van der Waals surface area contributed by atoms with Crippen molar-refractivity contribution in [3.63, 3.8) is 0 Å². The SMILES string of the molecule is CN=C(NCc1cccc(NC(C)=O)c1)N(C)Cc1ncc(-c2ccccc2)[nH]1. The molecular weight excluding hydrogens is 364 g/mol. The summed E-state index contributed by atoms with van der Waals surface area (Å²) in [5, 5.41) is 6.14. The summed E-state index contributed by atoms with van der Waals surface area (Å²) in [5.74, 6) is 1.54. The summed E-state index contributed by atoms with van der Waals surface area (Å²) in [6, 6.07) is 17.9. The van der Waals surface area contributed by atoms with Gasteiger partial charge in [-0.15, -0.1) is 0 Å². The van der Waals surface area contributed by atoms with Crippen LogP contribution in [0.3, 0.4) is 0 Å². The first-order valence-corrected chi connectivity index (χ1v) is 9.43. The molecule has 0 aliphatic heterocycles. The Hall–Kier alpha value is -3.61. The molecule has 3 N–H and O–H groups in total. The summed E-state index contributed by atoms with van der Waals surface area (Å²) in [6.07, 6.45) is 1.85. The zero-order valence-corrected chi connectivity index (χ0v) is 16.9. The zero-order valence-electron chi connectivity index (χ0n) is 16.9. The Kier molecular flexibility index (Phi) is 6.63. The van der Waals surface area contributed by atoms with Crippen molar-refractivity contribution in [3.8, 4) is 11.3 Å². The van der Waals surface area contributed by atoms with Crippen molar-refractivity contribution < 1.29 is 4.79 Å². The van der Waals surface area contributed by atoms with Crippen molar-refractivity contribution in [1.29, 1.82) is 0 Å². The van der Waals surface area contributed by atoms with Crippen LogP contribution in [0, 0.1) is 0 Å². The van der Waals surface area contributed by atoms with Crippen LogP contribution >= 0.6 is 0 Å². The number of rotatable bonds is 6. The number of imidazole rings is 1. The number of aromatic amines is 1. The number of H-pyrrole nitrogens is 1. The minimum atomic E-state index is -0.0843. The maximum absolute atomic E-state index is 11.2. The van der Waals surface area contributed by atoms with Gasteiger partial charge in [-0.1, -0.05) is 42.5 Å². The molecule has 3 aromatic rings. The third kappa shape index (κ3) is 5.68. The molecule has 29 heavy (non-hydrogen) atoms. The van der Waals surface area contributed by atoms with Crippen molar-refractivity contribution in [3.05, 3.63) is 72.2 Å². The van der Waals surface area contributed by atoms with Crippen molar-refractivity contribution >= 4 is 17.6 Å². The number of benzene rings is 2. The molecule has 0 radical (unpaired) electrons. The average Bonchev–Trinajstić information content (AvgIpc) is 3.17. The van der Waals surface area contributed by atoms with Gasteiger partial charge in [0.25, 0.3) is 0 Å². The maximum atomic E-state index is 11.2. The van der Waals surface area contributed by atoms with Gasteiger partial charge < -0.3 is 20.5 Å². The molecule has 0 aliphatic carbocycles. The normalized spacial score (nSPS) is 11.2. The number of nitrogens with zero attached hydrogens (tertiary/aromatic N) is 3. The molecule has 0 spiro atoms. The summed E-state index contributed by atoms with van der Waals surface area (Å²) in [4.78, 5) is 25.4. The van der Waals surface area contributed by atoms with E-state index in [1.54, 1.807) is 7.05 Å². The fraction of sp³-hybridized carbons (Fsp3) is 0.227. The number of carbonyl (C=O) groups is 1. The Bertz CT molecular complexity index is 980. The molecular formula is C22H26N6O. The van der Waals surface area contributed by atoms with Gasteiger partial charge in [0.2, 0.25) is 5.91 Å². The number of aliphatic imine (C=N–C) groups is 1. The molecule has 0 bridgehead atoms. The highest BCUT2D eigenvalue weighted by molar-refractivity contribution is 5.88. The minimum Gasteiger partial charge on any atom is -0.352 e. The Morgan fingerprint density at radius 3 is 2.69 bits per heavy atom. The highest BCUT2D eigenvalue weighted by Crippen LogP contribution is 2.16. The molecule has 1 heterocycles. The van der Waals surface area contributed by atoms with E-state index in [0.717, 1.165) is 34.3 Å². The molecule has 1 aromatic heterocycles. The van der Waals surface area contributed by atoms with Gasteiger partial charge >= 0.3 is 0 Å². The minimum absolute atomic E-state index is 0.0843. The largest absolute Gasteiger partial charge is 0.352 e. The van der Waals surface area contributed by atoms with E-state index in [1.165, 1.54) is 6.92 Å². The Morgan fingerprint density at radius 1 is 1.17 bits per heavy atom. The predicted octanol–water partition coefficient (Wildman–Crippen LogP) is 3.24. The number of carbonyl (C=O) groups excluding carboxylic acids is 1. The summed E-state index contributed by atoms with van der Waals surface area (Å²) >= 11 is 0. The topological polar surface area (TPSA) is 85.4 Å². The van der Waals surface area contributed by atoms with Crippen molar-refractivity contribution in [2.75, 3.05) is 19.4 Å². The van der Waals surface area contributed by atoms with Crippen molar-refractivity contribution in [2.45, 2.75) is 20.0 Å².